The van der Waals surface area contributed by atoms with Crippen LogP contribution >= 0.6 is 11.8 Å². The number of benzene rings is 2. The van der Waals surface area contributed by atoms with Crippen LogP contribution in [0.15, 0.2) is 53.6 Å². The average Bonchev–Trinajstić information content (AvgIpc) is 2.69. The molecule has 1 aliphatic heterocycles. The van der Waals surface area contributed by atoms with E-state index in [-0.39, 0.29) is 12.6 Å². The maximum absolute atomic E-state index is 12.3. The van der Waals surface area contributed by atoms with E-state index in [2.05, 4.69) is 10.5 Å². The van der Waals surface area contributed by atoms with Gasteiger partial charge in [-0.15, -0.1) is 0 Å². The quantitative estimate of drug-likeness (QED) is 0.472. The molecule has 1 heterocycles. The molecule has 1 saturated heterocycles. The largest absolute Gasteiger partial charge is 0.489 e. The third kappa shape index (κ3) is 5.99. The van der Waals surface area contributed by atoms with Crippen LogP contribution in [0.25, 0.3) is 0 Å². The van der Waals surface area contributed by atoms with Gasteiger partial charge in [-0.1, -0.05) is 25.1 Å². The minimum atomic E-state index is -3.63. The van der Waals surface area contributed by atoms with Crippen molar-refractivity contribution in [1.29, 1.82) is 0 Å². The highest BCUT2D eigenvalue weighted by Crippen LogP contribution is 2.24. The zero-order valence-corrected chi connectivity index (χ0v) is 18.6. The normalized spacial score (nSPS) is 14.3. The molecule has 0 saturated carbocycles. The van der Waals surface area contributed by atoms with E-state index in [1.54, 1.807) is 12.1 Å². The van der Waals surface area contributed by atoms with Crippen LogP contribution in [0.2, 0.25) is 0 Å². The monoisotopic (exact) mass is 447 g/mol. The molecule has 30 heavy (non-hydrogen) atoms. The minimum Gasteiger partial charge on any atom is -0.489 e. The number of para-hydroxylation sites is 1. The summed E-state index contributed by atoms with van der Waals surface area (Å²) in [5.41, 5.74) is 4.54. The van der Waals surface area contributed by atoms with Crippen LogP contribution in [0, 0.1) is 0 Å². The molecule has 2 aromatic carbocycles. The number of rotatable bonds is 9. The summed E-state index contributed by atoms with van der Waals surface area (Å²) in [6.07, 6.45) is 3.53. The predicted octanol–water partition coefficient (Wildman–Crippen LogP) is 2.66. The molecule has 0 bridgehead atoms. The summed E-state index contributed by atoms with van der Waals surface area (Å²) in [4.78, 5) is 12.3. The first-order chi connectivity index (χ1) is 14.4. The Morgan fingerprint density at radius 1 is 1.23 bits per heavy atom. The van der Waals surface area contributed by atoms with Gasteiger partial charge in [0.1, 0.15) is 18.4 Å². The lowest BCUT2D eigenvalue weighted by atomic mass is 10.1. The topological polar surface area (TPSA) is 88.1 Å². The Morgan fingerprint density at radius 2 is 1.93 bits per heavy atom. The lowest BCUT2D eigenvalue weighted by Gasteiger charge is -2.25. The van der Waals surface area contributed by atoms with Crippen LogP contribution in [-0.4, -0.2) is 50.9 Å². The van der Waals surface area contributed by atoms with Crippen LogP contribution in [0.3, 0.4) is 0 Å². The summed E-state index contributed by atoms with van der Waals surface area (Å²) in [5.74, 6) is 2.31. The van der Waals surface area contributed by atoms with Crippen molar-refractivity contribution in [2.75, 3.05) is 28.6 Å². The number of hydrogen-bond donors (Lipinski definition) is 1. The van der Waals surface area contributed by atoms with Gasteiger partial charge in [0.15, 0.2) is 0 Å². The van der Waals surface area contributed by atoms with Crippen molar-refractivity contribution in [3.63, 3.8) is 0 Å². The molecule has 1 fully saturated rings. The van der Waals surface area contributed by atoms with Crippen molar-refractivity contribution in [1.82, 2.24) is 5.43 Å². The number of nitrogens with zero attached hydrogens (tertiary/aromatic N) is 2. The molecule has 160 valence electrons. The van der Waals surface area contributed by atoms with Gasteiger partial charge < -0.3 is 4.74 Å². The molecule has 0 radical (unpaired) electrons. The maximum atomic E-state index is 12.3. The van der Waals surface area contributed by atoms with Crippen LogP contribution in [0.1, 0.15) is 18.1 Å². The van der Waals surface area contributed by atoms with Gasteiger partial charge in [-0.25, -0.2) is 13.8 Å². The Morgan fingerprint density at radius 3 is 2.53 bits per heavy atom. The van der Waals surface area contributed by atoms with E-state index in [1.807, 2.05) is 55.1 Å². The van der Waals surface area contributed by atoms with Gasteiger partial charge >= 0.3 is 0 Å². The lowest BCUT2D eigenvalue weighted by molar-refractivity contribution is -0.119. The number of nitrogens with one attached hydrogen (secondary N) is 1. The Bertz CT molecular complexity index is 1000. The molecular formula is C21H25N3O4S2. The van der Waals surface area contributed by atoms with Crippen molar-refractivity contribution >= 4 is 39.6 Å². The standard InChI is InChI=1S/C21H25N3O4S2/c1-3-17-6-4-5-7-20(17)24(30(2,26)27)13-21(25)23-22-12-16-8-10-18(11-9-16)28-19-14-29-15-19/h4-12,19H,3,13-15H2,1-2H3,(H,23,25)/b22-12-. The summed E-state index contributed by atoms with van der Waals surface area (Å²) in [7, 11) is -3.63. The number of aryl methyl sites for hydroxylation is 1. The molecule has 1 aliphatic rings. The highest BCUT2D eigenvalue weighted by molar-refractivity contribution is 8.00. The van der Waals surface area contributed by atoms with Crippen molar-refractivity contribution < 1.29 is 17.9 Å². The molecule has 0 aliphatic carbocycles. The summed E-state index contributed by atoms with van der Waals surface area (Å²) >= 11 is 1.86. The second-order valence-corrected chi connectivity index (χ2v) is 9.87. The number of anilines is 1. The molecule has 2 aromatic rings. The molecule has 9 heteroatoms. The molecule has 0 spiro atoms. The van der Waals surface area contributed by atoms with Gasteiger partial charge in [-0.05, 0) is 47.9 Å². The molecule has 0 aromatic heterocycles. The number of carbonyl (C=O) groups excluding carboxylic acids is 1. The van der Waals surface area contributed by atoms with Crippen molar-refractivity contribution in [2.45, 2.75) is 19.4 Å². The van der Waals surface area contributed by atoms with Gasteiger partial charge in [0.05, 0.1) is 18.2 Å². The van der Waals surface area contributed by atoms with Crippen molar-refractivity contribution in [3.8, 4) is 5.75 Å². The van der Waals surface area contributed by atoms with Crippen molar-refractivity contribution in [3.05, 3.63) is 59.7 Å². The van der Waals surface area contributed by atoms with Gasteiger partial charge in [-0.3, -0.25) is 9.10 Å². The zero-order chi connectivity index (χ0) is 21.6. The summed E-state index contributed by atoms with van der Waals surface area (Å²) in [6, 6.07) is 14.5. The molecule has 1 amide bonds. The molecule has 3 rings (SSSR count). The Hall–Kier alpha value is -2.52. The van der Waals surface area contributed by atoms with E-state index in [0.29, 0.717) is 12.1 Å². The molecule has 7 nitrogen and oxygen atoms in total. The third-order valence-corrected chi connectivity index (χ3v) is 6.86. The van der Waals surface area contributed by atoms with Gasteiger partial charge in [0.25, 0.3) is 5.91 Å². The first-order valence-electron chi connectivity index (χ1n) is 9.59. The van der Waals surface area contributed by atoms with E-state index in [9.17, 15) is 13.2 Å². The first kappa shape index (κ1) is 22.2. The Kier molecular flexibility index (Phi) is 7.38. The molecule has 1 N–H and O–H groups in total. The lowest BCUT2D eigenvalue weighted by Crippen LogP contribution is -2.39. The smallest absolute Gasteiger partial charge is 0.260 e. The summed E-state index contributed by atoms with van der Waals surface area (Å²) < 4.78 is 31.4. The number of ether oxygens (including phenoxy) is 1. The van der Waals surface area contributed by atoms with E-state index >= 15 is 0 Å². The fourth-order valence-electron chi connectivity index (χ4n) is 2.89. The Labute approximate surface area is 181 Å². The Balaban J connectivity index is 1.60. The second-order valence-electron chi connectivity index (χ2n) is 6.89. The fraction of sp³-hybridized carbons (Fsp3) is 0.333. The highest BCUT2D eigenvalue weighted by Gasteiger charge is 2.22. The van der Waals surface area contributed by atoms with Gasteiger partial charge in [0, 0.05) is 11.5 Å². The summed E-state index contributed by atoms with van der Waals surface area (Å²) in [5, 5.41) is 3.94. The van der Waals surface area contributed by atoms with E-state index in [0.717, 1.165) is 38.9 Å². The number of hydrogen-bond acceptors (Lipinski definition) is 6. The third-order valence-electron chi connectivity index (χ3n) is 4.52. The fourth-order valence-corrected chi connectivity index (χ4v) is 4.34. The number of amides is 1. The molecule has 0 atom stereocenters. The van der Waals surface area contributed by atoms with E-state index in [1.165, 1.54) is 6.21 Å². The van der Waals surface area contributed by atoms with E-state index < -0.39 is 15.9 Å². The van der Waals surface area contributed by atoms with Crippen molar-refractivity contribution in [2.24, 2.45) is 5.10 Å². The van der Waals surface area contributed by atoms with Crippen LogP contribution < -0.4 is 14.5 Å². The highest BCUT2D eigenvalue weighted by atomic mass is 32.2. The van der Waals surface area contributed by atoms with Crippen LogP contribution in [0.5, 0.6) is 5.75 Å². The van der Waals surface area contributed by atoms with Crippen LogP contribution in [-0.2, 0) is 21.2 Å². The number of sulfonamides is 1. The predicted molar refractivity (Wildman–Crippen MR) is 122 cm³/mol. The van der Waals surface area contributed by atoms with Gasteiger partial charge in [0.2, 0.25) is 10.0 Å². The first-order valence-corrected chi connectivity index (χ1v) is 12.6. The number of carbonyl (C=O) groups is 1. The molecule has 0 unspecified atom stereocenters. The SMILES string of the molecule is CCc1ccccc1N(CC(=O)N/N=C\c1ccc(OC2CSC2)cc1)S(C)(=O)=O. The second kappa shape index (κ2) is 9.99. The number of thioether (sulfide) groups is 1. The maximum Gasteiger partial charge on any atom is 0.260 e. The average molecular weight is 448 g/mol. The van der Waals surface area contributed by atoms with Gasteiger partial charge in [-0.2, -0.15) is 16.9 Å². The van der Waals surface area contributed by atoms with E-state index in [4.69, 9.17) is 4.74 Å². The zero-order valence-electron chi connectivity index (χ0n) is 16.9. The minimum absolute atomic E-state index is 0.282. The number of hydrazone groups is 1. The van der Waals surface area contributed by atoms with Crippen LogP contribution in [0.4, 0.5) is 5.69 Å². The summed E-state index contributed by atoms with van der Waals surface area (Å²) in [6.45, 7) is 1.59. The molecular weight excluding hydrogens is 422 g/mol.